The fourth-order valence-electron chi connectivity index (χ4n) is 3.35. The normalized spacial score (nSPS) is 14.5. The maximum Gasteiger partial charge on any atom is 0.490 e. The number of thiophene rings is 1. The van der Waals surface area contributed by atoms with Crippen LogP contribution in [-0.2, 0) is 11.3 Å². The Bertz CT molecular complexity index is 1050. The first-order chi connectivity index (χ1) is 15.6. The van der Waals surface area contributed by atoms with E-state index in [0.29, 0.717) is 0 Å². The third-order valence-electron chi connectivity index (χ3n) is 4.86. The second kappa shape index (κ2) is 10.7. The minimum absolute atomic E-state index is 0.844. The topological polar surface area (TPSA) is 82.5 Å². The number of carbonyl (C=O) groups is 1. The van der Waals surface area contributed by atoms with Crippen molar-refractivity contribution in [3.8, 4) is 10.6 Å². The summed E-state index contributed by atoms with van der Waals surface area (Å²) in [6, 6.07) is 12.6. The van der Waals surface area contributed by atoms with Crippen molar-refractivity contribution in [2.75, 3.05) is 31.1 Å². The van der Waals surface area contributed by atoms with Crippen molar-refractivity contribution >= 4 is 23.1 Å². The average Bonchev–Trinajstić information content (AvgIpc) is 3.29. The summed E-state index contributed by atoms with van der Waals surface area (Å²) < 4.78 is 31.7. The van der Waals surface area contributed by atoms with E-state index < -0.39 is 12.1 Å². The first-order valence-corrected chi connectivity index (χ1v) is 11.1. The lowest BCUT2D eigenvalue weighted by Gasteiger charge is -2.35. The summed E-state index contributed by atoms with van der Waals surface area (Å²) >= 11 is 1.74. The number of aryl methyl sites for hydroxylation is 2. The molecule has 1 fully saturated rings. The molecule has 0 spiro atoms. The number of piperazine rings is 1. The summed E-state index contributed by atoms with van der Waals surface area (Å²) in [4.78, 5) is 28.8. The van der Waals surface area contributed by atoms with E-state index in [4.69, 9.17) is 14.9 Å². The highest BCUT2D eigenvalue weighted by Crippen LogP contribution is 2.23. The summed E-state index contributed by atoms with van der Waals surface area (Å²) in [5, 5.41) is 9.22. The highest BCUT2D eigenvalue weighted by atomic mass is 32.1. The minimum Gasteiger partial charge on any atom is -0.475 e. The number of carboxylic acids is 1. The van der Waals surface area contributed by atoms with Gasteiger partial charge in [-0.05, 0) is 37.4 Å². The van der Waals surface area contributed by atoms with Crippen LogP contribution < -0.4 is 4.90 Å². The molecule has 0 saturated carbocycles. The standard InChI is InChI=1S/C20H23N5S.C2HF3O2/c1-15-13-20(22-16(2)21-15)25-10-8-24(9-11-25)14-17-5-3-6-18(23-17)19-7-4-12-26-19;3-2(4,5)1(6)7/h3-7,12-13H,8-11,14H2,1-2H3;(H,6,7). The van der Waals surface area contributed by atoms with E-state index in [1.54, 1.807) is 11.3 Å². The molecule has 0 radical (unpaired) electrons. The lowest BCUT2D eigenvalue weighted by atomic mass is 10.2. The van der Waals surface area contributed by atoms with Gasteiger partial charge in [0.1, 0.15) is 11.6 Å². The molecule has 4 rings (SSSR count). The van der Waals surface area contributed by atoms with Gasteiger partial charge in [0.15, 0.2) is 0 Å². The maximum atomic E-state index is 10.6. The summed E-state index contributed by atoms with van der Waals surface area (Å²) in [5.41, 5.74) is 3.24. The average molecular weight is 480 g/mol. The largest absolute Gasteiger partial charge is 0.490 e. The third kappa shape index (κ3) is 7.22. The molecule has 1 saturated heterocycles. The van der Waals surface area contributed by atoms with E-state index in [-0.39, 0.29) is 0 Å². The number of carboxylic acid groups (broad SMARTS) is 1. The number of hydrogen-bond acceptors (Lipinski definition) is 7. The number of aliphatic carboxylic acids is 1. The molecule has 3 aromatic heterocycles. The zero-order valence-electron chi connectivity index (χ0n) is 18.2. The Morgan fingerprint density at radius 2 is 1.76 bits per heavy atom. The highest BCUT2D eigenvalue weighted by molar-refractivity contribution is 7.13. The molecule has 1 aliphatic heterocycles. The number of anilines is 1. The predicted octanol–water partition coefficient (Wildman–Crippen LogP) is 4.17. The lowest BCUT2D eigenvalue weighted by Crippen LogP contribution is -2.46. The van der Waals surface area contributed by atoms with E-state index >= 15 is 0 Å². The van der Waals surface area contributed by atoms with Crippen molar-refractivity contribution in [3.63, 3.8) is 0 Å². The summed E-state index contributed by atoms with van der Waals surface area (Å²) in [5.74, 6) is -0.864. The van der Waals surface area contributed by atoms with Gasteiger partial charge in [0.25, 0.3) is 0 Å². The number of alkyl halides is 3. The zero-order chi connectivity index (χ0) is 24.0. The van der Waals surface area contributed by atoms with Gasteiger partial charge in [0.05, 0.1) is 16.3 Å². The molecule has 4 heterocycles. The van der Waals surface area contributed by atoms with Crippen molar-refractivity contribution < 1.29 is 23.1 Å². The van der Waals surface area contributed by atoms with Crippen LogP contribution in [0.2, 0.25) is 0 Å². The van der Waals surface area contributed by atoms with Gasteiger partial charge in [-0.2, -0.15) is 13.2 Å². The second-order valence-electron chi connectivity index (χ2n) is 7.47. The molecular formula is C22H24F3N5O2S. The van der Waals surface area contributed by atoms with Gasteiger partial charge < -0.3 is 10.0 Å². The fraction of sp³-hybridized carbons (Fsp3) is 0.364. The highest BCUT2D eigenvalue weighted by Gasteiger charge is 2.38. The molecule has 1 N–H and O–H groups in total. The van der Waals surface area contributed by atoms with Crippen molar-refractivity contribution in [3.05, 3.63) is 59.0 Å². The Labute approximate surface area is 193 Å². The zero-order valence-corrected chi connectivity index (χ0v) is 19.0. The van der Waals surface area contributed by atoms with E-state index in [1.165, 1.54) is 4.88 Å². The minimum atomic E-state index is -5.08. The first kappa shape index (κ1) is 24.6. The quantitative estimate of drug-likeness (QED) is 0.601. The maximum absolute atomic E-state index is 10.6. The molecule has 176 valence electrons. The van der Waals surface area contributed by atoms with Crippen LogP contribution in [0.3, 0.4) is 0 Å². The van der Waals surface area contributed by atoms with E-state index in [2.05, 4.69) is 61.5 Å². The molecule has 1 aliphatic rings. The third-order valence-corrected chi connectivity index (χ3v) is 5.75. The Hall–Kier alpha value is -3.05. The summed E-state index contributed by atoms with van der Waals surface area (Å²) in [6.07, 6.45) is -5.08. The first-order valence-electron chi connectivity index (χ1n) is 10.2. The van der Waals surface area contributed by atoms with Crippen LogP contribution in [0.4, 0.5) is 19.0 Å². The SMILES string of the molecule is Cc1cc(N2CCN(Cc3cccc(-c4cccs4)n3)CC2)nc(C)n1.O=C(O)C(F)(F)F. The van der Waals surface area contributed by atoms with Crippen LogP contribution in [-0.4, -0.2) is 63.3 Å². The van der Waals surface area contributed by atoms with Crippen molar-refractivity contribution in [1.29, 1.82) is 0 Å². The number of pyridine rings is 1. The summed E-state index contributed by atoms with van der Waals surface area (Å²) in [6.45, 7) is 8.90. The van der Waals surface area contributed by atoms with Gasteiger partial charge in [-0.15, -0.1) is 11.3 Å². The van der Waals surface area contributed by atoms with Crippen molar-refractivity contribution in [2.45, 2.75) is 26.6 Å². The van der Waals surface area contributed by atoms with Gasteiger partial charge in [-0.3, -0.25) is 9.88 Å². The molecule has 0 bridgehead atoms. The van der Waals surface area contributed by atoms with Crippen LogP contribution in [0.15, 0.2) is 41.8 Å². The fourth-order valence-corrected chi connectivity index (χ4v) is 4.05. The van der Waals surface area contributed by atoms with Gasteiger partial charge in [0, 0.05) is 44.5 Å². The van der Waals surface area contributed by atoms with Crippen LogP contribution in [0.25, 0.3) is 10.6 Å². The number of aromatic nitrogens is 3. The number of hydrogen-bond donors (Lipinski definition) is 1. The van der Waals surface area contributed by atoms with E-state index in [1.807, 2.05) is 13.8 Å². The molecule has 0 amide bonds. The van der Waals surface area contributed by atoms with Crippen LogP contribution >= 0.6 is 11.3 Å². The van der Waals surface area contributed by atoms with Crippen LogP contribution in [0, 0.1) is 13.8 Å². The molecule has 0 unspecified atom stereocenters. The molecule has 0 aliphatic carbocycles. The Morgan fingerprint density at radius 3 is 2.33 bits per heavy atom. The summed E-state index contributed by atoms with van der Waals surface area (Å²) in [7, 11) is 0. The van der Waals surface area contributed by atoms with Gasteiger partial charge in [-0.25, -0.2) is 14.8 Å². The lowest BCUT2D eigenvalue weighted by molar-refractivity contribution is -0.192. The van der Waals surface area contributed by atoms with Gasteiger partial charge in [0.2, 0.25) is 0 Å². The second-order valence-corrected chi connectivity index (χ2v) is 8.42. The molecule has 7 nitrogen and oxygen atoms in total. The monoisotopic (exact) mass is 479 g/mol. The molecule has 3 aromatic rings. The van der Waals surface area contributed by atoms with Crippen molar-refractivity contribution in [1.82, 2.24) is 19.9 Å². The molecule has 0 aromatic carbocycles. The Balaban J connectivity index is 0.000000383. The van der Waals surface area contributed by atoms with Gasteiger partial charge in [-0.1, -0.05) is 12.1 Å². The van der Waals surface area contributed by atoms with Crippen LogP contribution in [0.1, 0.15) is 17.2 Å². The number of rotatable bonds is 4. The Kier molecular flexibility index (Phi) is 7.98. The smallest absolute Gasteiger partial charge is 0.475 e. The number of halogens is 3. The Morgan fingerprint density at radius 1 is 1.06 bits per heavy atom. The van der Waals surface area contributed by atoms with Gasteiger partial charge >= 0.3 is 12.1 Å². The predicted molar refractivity (Wildman–Crippen MR) is 120 cm³/mol. The van der Waals surface area contributed by atoms with E-state index in [0.717, 1.165) is 61.4 Å². The molecule has 0 atom stereocenters. The number of nitrogens with zero attached hydrogens (tertiary/aromatic N) is 5. The molecule has 11 heteroatoms. The molecule has 33 heavy (non-hydrogen) atoms. The molecular weight excluding hydrogens is 455 g/mol. The van der Waals surface area contributed by atoms with Crippen LogP contribution in [0.5, 0.6) is 0 Å². The van der Waals surface area contributed by atoms with Crippen molar-refractivity contribution in [2.24, 2.45) is 0 Å². The van der Waals surface area contributed by atoms with E-state index in [9.17, 15) is 13.2 Å².